The van der Waals surface area contributed by atoms with E-state index in [0.717, 1.165) is 12.8 Å². The summed E-state index contributed by atoms with van der Waals surface area (Å²) >= 11 is 0. The van der Waals surface area contributed by atoms with E-state index in [1.165, 1.54) is 12.1 Å². The number of ether oxygens (including phenoxy) is 1. The number of piperidine rings is 1. The van der Waals surface area contributed by atoms with E-state index < -0.39 is 5.91 Å². The van der Waals surface area contributed by atoms with Gasteiger partial charge in [-0.3, -0.25) is 9.48 Å². The Labute approximate surface area is 185 Å². The molecule has 0 spiro atoms. The molecule has 1 aliphatic heterocycles. The predicted molar refractivity (Wildman–Crippen MR) is 117 cm³/mol. The number of amides is 2. The Kier molecular flexibility index (Phi) is 6.05. The maximum Gasteiger partial charge on any atom is 0.409 e. The monoisotopic (exact) mass is 444 g/mol. The molecular formula is C22H29FN6O3. The van der Waals surface area contributed by atoms with Gasteiger partial charge in [0.25, 0.3) is 5.91 Å². The molecule has 5 N–H and O–H groups in total. The highest BCUT2D eigenvalue weighted by Crippen LogP contribution is 2.44. The molecule has 2 aliphatic rings. The number of anilines is 2. The van der Waals surface area contributed by atoms with E-state index in [4.69, 9.17) is 16.2 Å². The molecule has 9 nitrogen and oxygen atoms in total. The zero-order chi connectivity index (χ0) is 22.9. The summed E-state index contributed by atoms with van der Waals surface area (Å²) in [5, 5.41) is 7.57. The van der Waals surface area contributed by atoms with Crippen LogP contribution < -0.4 is 16.8 Å². The van der Waals surface area contributed by atoms with Gasteiger partial charge in [0.15, 0.2) is 5.82 Å². The van der Waals surface area contributed by atoms with Crippen LogP contribution in [0.5, 0.6) is 0 Å². The van der Waals surface area contributed by atoms with Crippen LogP contribution in [0.4, 0.5) is 20.7 Å². The third-order valence-electron chi connectivity index (χ3n) is 6.45. The number of halogens is 1. The molecule has 10 heteroatoms. The third-order valence-corrected chi connectivity index (χ3v) is 6.45. The number of aromatic nitrogens is 2. The number of nitrogens with one attached hydrogen (secondary N) is 1. The van der Waals surface area contributed by atoms with Gasteiger partial charge in [0, 0.05) is 36.9 Å². The third kappa shape index (κ3) is 4.69. The molecule has 1 aliphatic carbocycles. The predicted octanol–water partition coefficient (Wildman–Crippen LogP) is 2.62. The van der Waals surface area contributed by atoms with Crippen molar-refractivity contribution in [2.24, 2.45) is 22.8 Å². The van der Waals surface area contributed by atoms with Crippen LogP contribution in [0.15, 0.2) is 30.5 Å². The number of likely N-dealkylation sites (tertiary alicyclic amines) is 1. The first-order valence-corrected chi connectivity index (χ1v) is 10.8. The number of primary amides is 1. The molecule has 2 fully saturated rings. The lowest BCUT2D eigenvalue weighted by atomic mass is 9.94. The van der Waals surface area contributed by atoms with Gasteiger partial charge in [-0.25, -0.2) is 9.18 Å². The van der Waals surface area contributed by atoms with Gasteiger partial charge in [0.2, 0.25) is 0 Å². The Bertz CT molecular complexity index is 988. The van der Waals surface area contributed by atoms with E-state index in [0.29, 0.717) is 44.2 Å². The van der Waals surface area contributed by atoms with Crippen molar-refractivity contribution in [3.8, 4) is 0 Å². The highest BCUT2D eigenvalue weighted by molar-refractivity contribution is 5.98. The van der Waals surface area contributed by atoms with Crippen molar-refractivity contribution >= 4 is 23.5 Å². The molecular weight excluding hydrogens is 415 g/mol. The van der Waals surface area contributed by atoms with E-state index in [1.54, 1.807) is 27.9 Å². The maximum absolute atomic E-state index is 13.2. The first-order valence-electron chi connectivity index (χ1n) is 10.8. The van der Waals surface area contributed by atoms with Crippen LogP contribution in [-0.4, -0.2) is 52.9 Å². The fourth-order valence-corrected chi connectivity index (χ4v) is 4.09. The lowest BCUT2D eigenvalue weighted by molar-refractivity contribution is 0.0595. The van der Waals surface area contributed by atoms with Crippen LogP contribution in [0.1, 0.15) is 42.6 Å². The molecule has 1 aromatic carbocycles. The van der Waals surface area contributed by atoms with Crippen molar-refractivity contribution in [3.05, 3.63) is 41.8 Å². The molecule has 4 rings (SSSR count). The zero-order valence-electron chi connectivity index (χ0n) is 18.1. The molecule has 1 aromatic heterocycles. The summed E-state index contributed by atoms with van der Waals surface area (Å²) in [4.78, 5) is 26.2. The Morgan fingerprint density at radius 3 is 2.62 bits per heavy atom. The zero-order valence-corrected chi connectivity index (χ0v) is 18.1. The minimum Gasteiger partial charge on any atom is -0.449 e. The minimum absolute atomic E-state index is 0.0141. The van der Waals surface area contributed by atoms with Gasteiger partial charge in [0.1, 0.15) is 18.0 Å². The Hall–Kier alpha value is -3.14. The van der Waals surface area contributed by atoms with E-state index >= 15 is 0 Å². The summed E-state index contributed by atoms with van der Waals surface area (Å²) in [5.74, 6) is -0.566. The first kappa shape index (κ1) is 22.1. The van der Waals surface area contributed by atoms with Crippen molar-refractivity contribution in [1.82, 2.24) is 14.7 Å². The first-order chi connectivity index (χ1) is 15.3. The SMILES string of the molecule is CC1CN(C(=O)OCC2(CN)CC2)CCC1n1cc(C(N)=O)c(Nc2ccc(F)cc2)n1. The molecule has 1 saturated heterocycles. The lowest BCUT2D eigenvalue weighted by Crippen LogP contribution is -2.44. The molecule has 0 radical (unpaired) electrons. The molecule has 1 saturated carbocycles. The summed E-state index contributed by atoms with van der Waals surface area (Å²) in [5.41, 5.74) is 12.1. The number of rotatable bonds is 7. The number of nitrogens with two attached hydrogens (primary N) is 2. The highest BCUT2D eigenvalue weighted by atomic mass is 19.1. The number of hydrogen-bond acceptors (Lipinski definition) is 6. The molecule has 2 aromatic rings. The smallest absolute Gasteiger partial charge is 0.409 e. The van der Waals surface area contributed by atoms with Crippen LogP contribution >= 0.6 is 0 Å². The molecule has 32 heavy (non-hydrogen) atoms. The van der Waals surface area contributed by atoms with Gasteiger partial charge in [-0.1, -0.05) is 6.92 Å². The second kappa shape index (κ2) is 8.78. The van der Waals surface area contributed by atoms with Crippen molar-refractivity contribution in [2.45, 2.75) is 32.2 Å². The van der Waals surface area contributed by atoms with E-state index in [2.05, 4.69) is 10.4 Å². The van der Waals surface area contributed by atoms with Crippen LogP contribution in [0.2, 0.25) is 0 Å². The van der Waals surface area contributed by atoms with Gasteiger partial charge in [-0.05, 0) is 49.4 Å². The quantitative estimate of drug-likeness (QED) is 0.602. The second-order valence-corrected chi connectivity index (χ2v) is 8.91. The molecule has 0 bridgehead atoms. The second-order valence-electron chi connectivity index (χ2n) is 8.91. The summed E-state index contributed by atoms with van der Waals surface area (Å²) in [6.45, 7) is 3.98. The topological polar surface area (TPSA) is 128 Å². The Balaban J connectivity index is 1.42. The van der Waals surface area contributed by atoms with Gasteiger partial charge in [-0.15, -0.1) is 0 Å². The van der Waals surface area contributed by atoms with Crippen LogP contribution in [0.25, 0.3) is 0 Å². The van der Waals surface area contributed by atoms with Crippen molar-refractivity contribution in [3.63, 3.8) is 0 Å². The summed E-state index contributed by atoms with van der Waals surface area (Å²) in [6.07, 6.45) is 3.98. The van der Waals surface area contributed by atoms with Gasteiger partial charge in [-0.2, -0.15) is 5.10 Å². The minimum atomic E-state index is -0.608. The number of nitrogens with zero attached hydrogens (tertiary/aromatic N) is 3. The largest absolute Gasteiger partial charge is 0.449 e. The van der Waals surface area contributed by atoms with Gasteiger partial charge < -0.3 is 26.4 Å². The van der Waals surface area contributed by atoms with Gasteiger partial charge in [0.05, 0.1) is 6.04 Å². The molecule has 2 atom stereocenters. The highest BCUT2D eigenvalue weighted by Gasteiger charge is 2.43. The number of benzene rings is 1. The van der Waals surface area contributed by atoms with Crippen molar-refractivity contribution < 1.29 is 18.7 Å². The molecule has 2 amide bonds. The average molecular weight is 445 g/mol. The van der Waals surface area contributed by atoms with E-state index in [1.807, 2.05) is 6.92 Å². The summed E-state index contributed by atoms with van der Waals surface area (Å²) in [7, 11) is 0. The fraction of sp³-hybridized carbons (Fsp3) is 0.500. The number of hydrogen-bond donors (Lipinski definition) is 3. The number of carbonyl (C=O) groups excluding carboxylic acids is 2. The fourth-order valence-electron chi connectivity index (χ4n) is 4.09. The van der Waals surface area contributed by atoms with Crippen LogP contribution in [0, 0.1) is 17.2 Å². The summed E-state index contributed by atoms with van der Waals surface area (Å²) < 4.78 is 20.4. The van der Waals surface area contributed by atoms with Crippen LogP contribution in [0.3, 0.4) is 0 Å². The standard InChI is InChI=1S/C22H29FN6O3/c1-14-10-28(21(31)32-13-22(12-24)7-8-22)9-6-18(14)29-11-17(19(25)30)20(27-29)26-16-4-2-15(23)3-5-16/h2-5,11,14,18H,6-10,12-13,24H2,1H3,(H2,25,30)(H,26,27). The molecule has 2 heterocycles. The number of carbonyl (C=O) groups is 2. The summed E-state index contributed by atoms with van der Waals surface area (Å²) in [6, 6.07) is 5.74. The molecule has 172 valence electrons. The Morgan fingerprint density at radius 1 is 1.31 bits per heavy atom. The normalized spacial score (nSPS) is 21.8. The van der Waals surface area contributed by atoms with E-state index in [-0.39, 0.29) is 34.8 Å². The van der Waals surface area contributed by atoms with Gasteiger partial charge >= 0.3 is 6.09 Å². The van der Waals surface area contributed by atoms with Crippen LogP contribution in [-0.2, 0) is 4.74 Å². The van der Waals surface area contributed by atoms with Crippen molar-refractivity contribution in [2.75, 3.05) is 31.6 Å². The molecule has 2 unspecified atom stereocenters. The Morgan fingerprint density at radius 2 is 2.03 bits per heavy atom. The lowest BCUT2D eigenvalue weighted by Gasteiger charge is -2.36. The van der Waals surface area contributed by atoms with E-state index in [9.17, 15) is 14.0 Å². The maximum atomic E-state index is 13.2. The average Bonchev–Trinajstić information content (AvgIpc) is 3.45. The van der Waals surface area contributed by atoms with Crippen molar-refractivity contribution in [1.29, 1.82) is 0 Å².